The zero-order valence-corrected chi connectivity index (χ0v) is 22.7. The van der Waals surface area contributed by atoms with Gasteiger partial charge in [-0.05, 0) is 42.5 Å². The first kappa shape index (κ1) is 28.7. The highest BCUT2D eigenvalue weighted by Gasteiger charge is 2.33. The molecule has 10 heteroatoms. The Kier molecular flexibility index (Phi) is 8.46. The lowest BCUT2D eigenvalue weighted by Crippen LogP contribution is -2.41. The second kappa shape index (κ2) is 11.8. The zero-order valence-electron chi connectivity index (χ0n) is 22.7. The predicted octanol–water partition coefficient (Wildman–Crippen LogP) is 5.33. The Morgan fingerprint density at radius 3 is 2.48 bits per heavy atom. The summed E-state index contributed by atoms with van der Waals surface area (Å²) in [5, 5.41) is 13.3. The number of rotatable bonds is 11. The smallest absolute Gasteiger partial charge is 0.358 e. The average Bonchev–Trinajstić information content (AvgIpc) is 3.43. The van der Waals surface area contributed by atoms with E-state index < -0.39 is 41.3 Å². The van der Waals surface area contributed by atoms with Crippen LogP contribution in [0.5, 0.6) is 0 Å². The number of amides is 1. The van der Waals surface area contributed by atoms with E-state index in [1.54, 1.807) is 13.8 Å². The number of aromatic carboxylic acids is 1. The second-order valence-electron chi connectivity index (χ2n) is 10.2. The first-order valence-electron chi connectivity index (χ1n) is 13.0. The van der Waals surface area contributed by atoms with Crippen LogP contribution in [-0.4, -0.2) is 32.3 Å². The van der Waals surface area contributed by atoms with Gasteiger partial charge in [-0.3, -0.25) is 9.59 Å². The predicted molar refractivity (Wildman–Crippen MR) is 144 cm³/mol. The van der Waals surface area contributed by atoms with E-state index in [4.69, 9.17) is 4.42 Å². The van der Waals surface area contributed by atoms with Crippen molar-refractivity contribution in [1.82, 2.24) is 14.9 Å². The van der Waals surface area contributed by atoms with Crippen LogP contribution in [0.25, 0.3) is 10.9 Å². The van der Waals surface area contributed by atoms with Gasteiger partial charge in [-0.15, -0.1) is 0 Å². The standard InChI is InChI=1S/C30H31F2N3O5/c1-16(2)26(25(36)12-10-18-9-11-20(31)14-22(18)32)28(37)33-23(29-34-27(30(38)39)17(3)40-29)13-19-15-35(4)24-8-6-5-7-21(19)24/h5-9,11,14-16,23,26H,10,12-13H2,1-4H3,(H,33,37)(H,38,39)/t23-,26+/m1/s1. The molecule has 8 nitrogen and oxygen atoms in total. The van der Waals surface area contributed by atoms with E-state index in [2.05, 4.69) is 10.3 Å². The third kappa shape index (κ3) is 6.11. The number of hydrogen-bond donors (Lipinski definition) is 2. The molecule has 4 rings (SSSR count). The summed E-state index contributed by atoms with van der Waals surface area (Å²) in [6, 6.07) is 10.0. The van der Waals surface area contributed by atoms with E-state index in [0.29, 0.717) is 0 Å². The van der Waals surface area contributed by atoms with Crippen LogP contribution < -0.4 is 5.32 Å². The van der Waals surface area contributed by atoms with E-state index in [1.807, 2.05) is 42.1 Å². The Morgan fingerprint density at radius 2 is 1.82 bits per heavy atom. The molecule has 2 N–H and O–H groups in total. The molecule has 2 aromatic heterocycles. The minimum Gasteiger partial charge on any atom is -0.476 e. The maximum Gasteiger partial charge on any atom is 0.358 e. The highest BCUT2D eigenvalue weighted by Crippen LogP contribution is 2.28. The van der Waals surface area contributed by atoms with Gasteiger partial charge in [-0.2, -0.15) is 0 Å². The van der Waals surface area contributed by atoms with Crippen LogP contribution in [0.15, 0.2) is 53.1 Å². The van der Waals surface area contributed by atoms with Crippen molar-refractivity contribution in [2.24, 2.45) is 18.9 Å². The minimum absolute atomic E-state index is 0.0134. The number of hydrogen-bond acceptors (Lipinski definition) is 5. The quantitative estimate of drug-likeness (QED) is 0.244. The fourth-order valence-electron chi connectivity index (χ4n) is 4.99. The summed E-state index contributed by atoms with van der Waals surface area (Å²) in [6.45, 7) is 4.95. The number of carboxylic acids is 1. The number of aryl methyl sites for hydroxylation is 3. The molecule has 0 aliphatic rings. The molecule has 4 aromatic rings. The Bertz CT molecular complexity index is 1570. The molecule has 2 heterocycles. The molecule has 0 aliphatic heterocycles. The third-order valence-corrected chi connectivity index (χ3v) is 6.99. The van der Waals surface area contributed by atoms with Crippen LogP contribution in [0.4, 0.5) is 8.78 Å². The van der Waals surface area contributed by atoms with Gasteiger partial charge in [0.2, 0.25) is 11.8 Å². The van der Waals surface area contributed by atoms with Gasteiger partial charge in [0.05, 0.1) is 5.92 Å². The molecule has 0 fully saturated rings. The van der Waals surface area contributed by atoms with Crippen molar-refractivity contribution in [2.75, 3.05) is 0 Å². The van der Waals surface area contributed by atoms with E-state index >= 15 is 0 Å². The van der Waals surface area contributed by atoms with Gasteiger partial charge in [0.25, 0.3) is 0 Å². The van der Waals surface area contributed by atoms with Crippen LogP contribution in [0, 0.1) is 30.4 Å². The van der Waals surface area contributed by atoms with Crippen molar-refractivity contribution < 1.29 is 32.7 Å². The molecule has 40 heavy (non-hydrogen) atoms. The molecule has 0 saturated carbocycles. The van der Waals surface area contributed by atoms with E-state index in [0.717, 1.165) is 28.6 Å². The number of carbonyl (C=O) groups excluding carboxylic acids is 2. The SMILES string of the molecule is Cc1oc([C@@H](Cc2cn(C)c3ccccc23)NC(=O)[C@H](C(=O)CCc2ccc(F)cc2F)C(C)C)nc1C(=O)O. The van der Waals surface area contributed by atoms with Crippen molar-refractivity contribution in [2.45, 2.75) is 46.1 Å². The van der Waals surface area contributed by atoms with Crippen LogP contribution >= 0.6 is 0 Å². The van der Waals surface area contributed by atoms with Crippen molar-refractivity contribution in [3.05, 3.63) is 88.8 Å². The lowest BCUT2D eigenvalue weighted by molar-refractivity contribution is -0.136. The highest BCUT2D eigenvalue weighted by molar-refractivity contribution is 6.01. The molecule has 0 spiro atoms. The van der Waals surface area contributed by atoms with Gasteiger partial charge in [-0.25, -0.2) is 18.6 Å². The molecule has 210 valence electrons. The first-order valence-corrected chi connectivity index (χ1v) is 13.0. The number of aromatic nitrogens is 2. The highest BCUT2D eigenvalue weighted by atomic mass is 19.1. The van der Waals surface area contributed by atoms with E-state index in [-0.39, 0.29) is 48.1 Å². The fourth-order valence-corrected chi connectivity index (χ4v) is 4.99. The Labute approximate surface area is 230 Å². The molecule has 0 aliphatic carbocycles. The van der Waals surface area contributed by atoms with Crippen LogP contribution in [0.3, 0.4) is 0 Å². The molecule has 0 radical (unpaired) electrons. The van der Waals surface area contributed by atoms with Crippen LogP contribution in [0.1, 0.15) is 59.6 Å². The number of carbonyl (C=O) groups is 3. The number of nitrogens with zero attached hydrogens (tertiary/aromatic N) is 2. The van der Waals surface area contributed by atoms with Gasteiger partial charge in [0, 0.05) is 43.1 Å². The van der Waals surface area contributed by atoms with Gasteiger partial charge in [-0.1, -0.05) is 38.1 Å². The van der Waals surface area contributed by atoms with Crippen molar-refractivity contribution in [3.8, 4) is 0 Å². The van der Waals surface area contributed by atoms with Gasteiger partial charge < -0.3 is 19.4 Å². The lowest BCUT2D eigenvalue weighted by Gasteiger charge is -2.23. The number of ketones is 1. The molecule has 0 unspecified atom stereocenters. The maximum absolute atomic E-state index is 14.1. The molecule has 0 bridgehead atoms. The number of halogens is 2. The summed E-state index contributed by atoms with van der Waals surface area (Å²) in [5.41, 5.74) is 1.77. The summed E-state index contributed by atoms with van der Waals surface area (Å²) in [7, 11) is 1.90. The lowest BCUT2D eigenvalue weighted by atomic mass is 9.87. The Balaban J connectivity index is 1.61. The average molecular weight is 552 g/mol. The number of fused-ring (bicyclic) bond motifs is 1. The number of benzene rings is 2. The van der Waals surface area contributed by atoms with Crippen molar-refractivity contribution >= 4 is 28.6 Å². The maximum atomic E-state index is 14.1. The van der Waals surface area contributed by atoms with Gasteiger partial charge in [0.15, 0.2) is 5.69 Å². The minimum atomic E-state index is -1.26. The number of nitrogens with one attached hydrogen (secondary N) is 1. The molecule has 2 atom stereocenters. The number of carboxylic acid groups (broad SMARTS) is 1. The van der Waals surface area contributed by atoms with Crippen LogP contribution in [-0.2, 0) is 29.5 Å². The molecular weight excluding hydrogens is 520 g/mol. The largest absolute Gasteiger partial charge is 0.476 e. The fraction of sp³-hybridized carbons (Fsp3) is 0.333. The topological polar surface area (TPSA) is 114 Å². The number of para-hydroxylation sites is 1. The van der Waals surface area contributed by atoms with Crippen LogP contribution in [0.2, 0.25) is 0 Å². The normalized spacial score (nSPS) is 13.0. The molecule has 1 amide bonds. The summed E-state index contributed by atoms with van der Waals surface area (Å²) >= 11 is 0. The molecule has 0 saturated heterocycles. The van der Waals surface area contributed by atoms with Crippen molar-refractivity contribution in [3.63, 3.8) is 0 Å². The summed E-state index contributed by atoms with van der Waals surface area (Å²) in [4.78, 5) is 42.5. The van der Waals surface area contributed by atoms with E-state index in [9.17, 15) is 28.3 Å². The Morgan fingerprint density at radius 1 is 1.10 bits per heavy atom. The van der Waals surface area contributed by atoms with Gasteiger partial charge in [0.1, 0.15) is 29.2 Å². The van der Waals surface area contributed by atoms with Gasteiger partial charge >= 0.3 is 5.97 Å². The summed E-state index contributed by atoms with van der Waals surface area (Å²) in [6.07, 6.45) is 2.04. The molecule has 2 aromatic carbocycles. The second-order valence-corrected chi connectivity index (χ2v) is 10.2. The monoisotopic (exact) mass is 551 g/mol. The third-order valence-electron chi connectivity index (χ3n) is 6.99. The van der Waals surface area contributed by atoms with E-state index in [1.165, 1.54) is 13.0 Å². The molecular formula is C30H31F2N3O5. The van der Waals surface area contributed by atoms with Crippen molar-refractivity contribution in [1.29, 1.82) is 0 Å². The number of oxazole rings is 1. The summed E-state index contributed by atoms with van der Waals surface area (Å²) < 4.78 is 35.0. The Hall–Kier alpha value is -4.34. The summed E-state index contributed by atoms with van der Waals surface area (Å²) in [5.74, 6) is -5.02. The number of Topliss-reactive ketones (excluding diaryl/α,β-unsaturated/α-hetero) is 1. The zero-order chi connectivity index (χ0) is 29.1. The first-order chi connectivity index (χ1) is 19.0.